The molecule has 1 heterocycles. The number of aryl methyl sites for hydroxylation is 1. The number of ether oxygens (including phenoxy) is 1. The van der Waals surface area contributed by atoms with Crippen molar-refractivity contribution in [2.45, 2.75) is 20.0 Å². The molecule has 0 atom stereocenters. The Bertz CT molecular complexity index is 768. The summed E-state index contributed by atoms with van der Waals surface area (Å²) in [6.07, 6.45) is 3.12. The number of amides is 1. The van der Waals surface area contributed by atoms with Crippen LogP contribution in [0.25, 0.3) is 0 Å². The van der Waals surface area contributed by atoms with Gasteiger partial charge in [0, 0.05) is 13.1 Å². The van der Waals surface area contributed by atoms with Crippen molar-refractivity contribution in [2.24, 2.45) is 0 Å². The molecule has 25 heavy (non-hydrogen) atoms. The first-order chi connectivity index (χ1) is 12.2. The first-order valence-electron chi connectivity index (χ1n) is 8.67. The Balaban J connectivity index is 1.64. The summed E-state index contributed by atoms with van der Waals surface area (Å²) < 4.78 is 5.93. The van der Waals surface area contributed by atoms with E-state index in [0.29, 0.717) is 24.5 Å². The summed E-state index contributed by atoms with van der Waals surface area (Å²) in [5.41, 5.74) is 4.15. The smallest absolute Gasteiger partial charge is 0.255 e. The topological polar surface area (TPSA) is 50.4 Å². The number of carbonyl (C=O) groups excluding carboxylic acids is 1. The van der Waals surface area contributed by atoms with Crippen LogP contribution in [0.2, 0.25) is 0 Å². The van der Waals surface area contributed by atoms with Gasteiger partial charge in [0.05, 0.1) is 5.56 Å². The van der Waals surface area contributed by atoms with Gasteiger partial charge >= 0.3 is 0 Å². The van der Waals surface area contributed by atoms with Gasteiger partial charge in [-0.2, -0.15) is 0 Å². The van der Waals surface area contributed by atoms with E-state index in [1.54, 1.807) is 6.07 Å². The molecular formula is C21H24N2O2. The molecule has 130 valence electrons. The third-order valence-electron chi connectivity index (χ3n) is 4.41. The number of benzene rings is 2. The fourth-order valence-electron chi connectivity index (χ4n) is 2.83. The van der Waals surface area contributed by atoms with E-state index in [1.165, 1.54) is 11.1 Å². The van der Waals surface area contributed by atoms with Crippen LogP contribution in [0.4, 0.5) is 0 Å². The van der Waals surface area contributed by atoms with Crippen LogP contribution >= 0.6 is 0 Å². The molecule has 0 unspecified atom stereocenters. The normalized spacial score (nSPS) is 13.9. The van der Waals surface area contributed by atoms with Crippen LogP contribution in [0.1, 0.15) is 27.9 Å². The van der Waals surface area contributed by atoms with E-state index in [2.05, 4.69) is 29.7 Å². The highest BCUT2D eigenvalue weighted by atomic mass is 16.5. The maximum Gasteiger partial charge on any atom is 0.255 e. The molecule has 1 amide bonds. The lowest BCUT2D eigenvalue weighted by atomic mass is 10.1. The van der Waals surface area contributed by atoms with E-state index in [1.807, 2.05) is 36.4 Å². The molecule has 0 radical (unpaired) electrons. The molecule has 0 bridgehead atoms. The highest BCUT2D eigenvalue weighted by molar-refractivity contribution is 5.97. The molecule has 4 nitrogen and oxygen atoms in total. The average Bonchev–Trinajstić information content (AvgIpc) is 2.66. The van der Waals surface area contributed by atoms with E-state index in [9.17, 15) is 4.79 Å². The molecule has 2 N–H and O–H groups in total. The summed E-state index contributed by atoms with van der Waals surface area (Å²) in [7, 11) is 0. The van der Waals surface area contributed by atoms with Crippen molar-refractivity contribution in [2.75, 3.05) is 19.6 Å². The highest BCUT2D eigenvalue weighted by Crippen LogP contribution is 2.20. The van der Waals surface area contributed by atoms with E-state index >= 15 is 0 Å². The predicted molar refractivity (Wildman–Crippen MR) is 99.9 cm³/mol. The second-order valence-corrected chi connectivity index (χ2v) is 6.21. The molecule has 3 rings (SSSR count). The number of nitrogens with one attached hydrogen (secondary N) is 2. The Morgan fingerprint density at radius 2 is 1.96 bits per heavy atom. The maximum atomic E-state index is 12.6. The Kier molecular flexibility index (Phi) is 5.86. The molecule has 0 aromatic heterocycles. The molecular weight excluding hydrogens is 312 g/mol. The number of hydrogen-bond acceptors (Lipinski definition) is 3. The summed E-state index contributed by atoms with van der Waals surface area (Å²) >= 11 is 0. The van der Waals surface area contributed by atoms with E-state index in [4.69, 9.17) is 4.74 Å². The van der Waals surface area contributed by atoms with Crippen molar-refractivity contribution in [1.82, 2.24) is 10.6 Å². The Labute approximate surface area is 148 Å². The summed E-state index contributed by atoms with van der Waals surface area (Å²) in [5, 5.41) is 6.27. The van der Waals surface area contributed by atoms with Crippen LogP contribution in [0.15, 0.2) is 60.2 Å². The van der Waals surface area contributed by atoms with Gasteiger partial charge in [-0.25, -0.2) is 0 Å². The van der Waals surface area contributed by atoms with Crippen LogP contribution in [-0.2, 0) is 6.61 Å². The van der Waals surface area contributed by atoms with Crippen molar-refractivity contribution in [3.63, 3.8) is 0 Å². The fraction of sp³-hybridized carbons (Fsp3) is 0.286. The predicted octanol–water partition coefficient (Wildman–Crippen LogP) is 3.22. The van der Waals surface area contributed by atoms with Crippen LogP contribution in [0.3, 0.4) is 0 Å². The molecule has 4 heteroatoms. The monoisotopic (exact) mass is 336 g/mol. The molecule has 2 aromatic rings. The maximum absolute atomic E-state index is 12.6. The largest absolute Gasteiger partial charge is 0.488 e. The van der Waals surface area contributed by atoms with Crippen molar-refractivity contribution in [3.8, 4) is 5.75 Å². The molecule has 1 aliphatic rings. The molecule has 1 aliphatic heterocycles. The standard InChI is InChI=1S/C21H24N2O2/c1-16-6-2-3-7-18(16)15-25-20-9-5-4-8-19(20)21(24)23-14-17-10-12-22-13-11-17/h2-10,22H,11-15H2,1H3,(H,23,24). The molecule has 0 spiro atoms. The van der Waals surface area contributed by atoms with Crippen LogP contribution in [0.5, 0.6) is 5.75 Å². The Morgan fingerprint density at radius 3 is 2.76 bits per heavy atom. The second-order valence-electron chi connectivity index (χ2n) is 6.21. The summed E-state index contributed by atoms with van der Waals surface area (Å²) in [4.78, 5) is 12.6. The first kappa shape index (κ1) is 17.2. The van der Waals surface area contributed by atoms with Gasteiger partial charge in [-0.1, -0.05) is 48.0 Å². The molecule has 0 saturated carbocycles. The minimum atomic E-state index is -0.0974. The lowest BCUT2D eigenvalue weighted by Crippen LogP contribution is -2.29. The van der Waals surface area contributed by atoms with E-state index in [0.717, 1.165) is 25.1 Å². The van der Waals surface area contributed by atoms with E-state index in [-0.39, 0.29) is 5.91 Å². The molecule has 0 fully saturated rings. The number of para-hydroxylation sites is 1. The van der Waals surface area contributed by atoms with Crippen molar-refractivity contribution in [1.29, 1.82) is 0 Å². The van der Waals surface area contributed by atoms with Crippen molar-refractivity contribution >= 4 is 5.91 Å². The zero-order chi connectivity index (χ0) is 17.5. The molecule has 2 aromatic carbocycles. The minimum Gasteiger partial charge on any atom is -0.488 e. The Morgan fingerprint density at radius 1 is 1.16 bits per heavy atom. The zero-order valence-electron chi connectivity index (χ0n) is 14.5. The van der Waals surface area contributed by atoms with Gasteiger partial charge in [-0.15, -0.1) is 0 Å². The second kappa shape index (κ2) is 8.49. The quantitative estimate of drug-likeness (QED) is 0.797. The number of hydrogen-bond donors (Lipinski definition) is 2. The third-order valence-corrected chi connectivity index (χ3v) is 4.41. The van der Waals surface area contributed by atoms with Crippen molar-refractivity contribution < 1.29 is 9.53 Å². The van der Waals surface area contributed by atoms with Crippen LogP contribution < -0.4 is 15.4 Å². The van der Waals surface area contributed by atoms with Gasteiger partial charge in [0.2, 0.25) is 0 Å². The fourth-order valence-corrected chi connectivity index (χ4v) is 2.83. The van der Waals surface area contributed by atoms with Gasteiger partial charge in [0.1, 0.15) is 12.4 Å². The van der Waals surface area contributed by atoms with Gasteiger partial charge < -0.3 is 15.4 Å². The molecule has 0 aliphatic carbocycles. The number of rotatable bonds is 6. The average molecular weight is 336 g/mol. The van der Waals surface area contributed by atoms with Gasteiger partial charge in [-0.05, 0) is 43.1 Å². The summed E-state index contributed by atoms with van der Waals surface area (Å²) in [6, 6.07) is 15.5. The SMILES string of the molecule is Cc1ccccc1COc1ccccc1C(=O)NCC1=CCNCC1. The van der Waals surface area contributed by atoms with Gasteiger partial charge in [0.15, 0.2) is 0 Å². The lowest BCUT2D eigenvalue weighted by molar-refractivity contribution is 0.0952. The molecule has 0 saturated heterocycles. The van der Waals surface area contributed by atoms with Gasteiger partial charge in [0.25, 0.3) is 5.91 Å². The highest BCUT2D eigenvalue weighted by Gasteiger charge is 2.13. The zero-order valence-corrected chi connectivity index (χ0v) is 14.5. The summed E-state index contributed by atoms with van der Waals surface area (Å²) in [5.74, 6) is 0.516. The van der Waals surface area contributed by atoms with Gasteiger partial charge in [-0.3, -0.25) is 4.79 Å². The van der Waals surface area contributed by atoms with Crippen LogP contribution in [0, 0.1) is 6.92 Å². The third kappa shape index (κ3) is 4.70. The lowest BCUT2D eigenvalue weighted by Gasteiger charge is -2.16. The number of carbonyl (C=O) groups is 1. The van der Waals surface area contributed by atoms with Crippen LogP contribution in [-0.4, -0.2) is 25.5 Å². The Hall–Kier alpha value is -2.59. The summed E-state index contributed by atoms with van der Waals surface area (Å²) in [6.45, 7) is 4.95. The van der Waals surface area contributed by atoms with Crippen molar-refractivity contribution in [3.05, 3.63) is 76.9 Å². The minimum absolute atomic E-state index is 0.0974. The van der Waals surface area contributed by atoms with E-state index < -0.39 is 0 Å². The first-order valence-corrected chi connectivity index (χ1v) is 8.67.